The van der Waals surface area contributed by atoms with Crippen LogP contribution in [0.5, 0.6) is 0 Å². The highest BCUT2D eigenvalue weighted by Crippen LogP contribution is 2.08. The lowest BCUT2D eigenvalue weighted by molar-refractivity contribution is -0.142. The minimum Gasteiger partial charge on any atom is -0.480 e. The first-order valence-corrected chi connectivity index (χ1v) is 11.1. The average Bonchev–Trinajstić information content (AvgIpc) is 3.24. The van der Waals surface area contributed by atoms with Crippen molar-refractivity contribution in [1.29, 1.82) is 0 Å². The molecule has 0 aliphatic carbocycles. The van der Waals surface area contributed by atoms with E-state index in [4.69, 9.17) is 11.5 Å². The van der Waals surface area contributed by atoms with Gasteiger partial charge in [-0.05, 0) is 45.1 Å². The van der Waals surface area contributed by atoms with Gasteiger partial charge in [-0.25, -0.2) is 9.78 Å². The van der Waals surface area contributed by atoms with Gasteiger partial charge in [0, 0.05) is 18.3 Å². The Balaban J connectivity index is 2.74. The maximum atomic E-state index is 12.8. The van der Waals surface area contributed by atoms with E-state index in [1.807, 2.05) is 13.8 Å². The lowest BCUT2D eigenvalue weighted by atomic mass is 10.0. The fourth-order valence-electron chi connectivity index (χ4n) is 3.14. The molecule has 4 unspecified atom stereocenters. The van der Waals surface area contributed by atoms with E-state index < -0.39 is 47.9 Å². The van der Waals surface area contributed by atoms with Crippen molar-refractivity contribution in [2.24, 2.45) is 17.4 Å². The third-order valence-corrected chi connectivity index (χ3v) is 4.99. The molecule has 0 saturated heterocycles. The van der Waals surface area contributed by atoms with Crippen molar-refractivity contribution in [1.82, 2.24) is 25.9 Å². The summed E-state index contributed by atoms with van der Waals surface area (Å²) in [6.45, 7) is 5.60. The van der Waals surface area contributed by atoms with E-state index >= 15 is 0 Å². The number of nitrogens with two attached hydrogens (primary N) is 2. The highest BCUT2D eigenvalue weighted by atomic mass is 16.4. The minimum absolute atomic E-state index is 0.0536. The largest absolute Gasteiger partial charge is 0.480 e. The summed E-state index contributed by atoms with van der Waals surface area (Å²) in [7, 11) is 0. The summed E-state index contributed by atoms with van der Waals surface area (Å²) >= 11 is 0. The third kappa shape index (κ3) is 10.4. The Bertz CT molecular complexity index is 769. The molecule has 0 aliphatic rings. The van der Waals surface area contributed by atoms with Crippen LogP contribution >= 0.6 is 0 Å². The van der Waals surface area contributed by atoms with Gasteiger partial charge < -0.3 is 37.5 Å². The number of H-pyrrole nitrogens is 1. The Kier molecular flexibility index (Phi) is 12.1. The standard InChI is InChI=1S/C21H37N7O5/c1-12(2)8-17(21(32)33)28-20(31)16(6-4-5-7-22)27-18(29)13(3)26-19(30)15(23)9-14-10-24-11-25-14/h10-13,15-17H,4-9,22-23H2,1-3H3,(H,24,25)(H,26,30)(H,27,29)(H,28,31)(H,32,33). The zero-order valence-electron chi connectivity index (χ0n) is 19.5. The Morgan fingerprint density at radius 1 is 1.03 bits per heavy atom. The van der Waals surface area contributed by atoms with Crippen LogP contribution in [0, 0.1) is 5.92 Å². The van der Waals surface area contributed by atoms with Gasteiger partial charge in [0.1, 0.15) is 18.1 Å². The van der Waals surface area contributed by atoms with Crippen molar-refractivity contribution in [3.63, 3.8) is 0 Å². The molecular formula is C21H37N7O5. The summed E-state index contributed by atoms with van der Waals surface area (Å²) in [4.78, 5) is 56.0. The molecular weight excluding hydrogens is 430 g/mol. The van der Waals surface area contributed by atoms with E-state index in [1.165, 1.54) is 13.3 Å². The first-order chi connectivity index (χ1) is 15.5. The molecule has 9 N–H and O–H groups in total. The molecule has 186 valence electrons. The monoisotopic (exact) mass is 467 g/mol. The molecule has 1 aromatic heterocycles. The molecule has 1 rings (SSSR count). The number of carbonyl (C=O) groups is 4. The number of carboxylic acids is 1. The Labute approximate surface area is 193 Å². The second-order valence-corrected chi connectivity index (χ2v) is 8.49. The normalized spacial score (nSPS) is 14.7. The molecule has 0 aliphatic heterocycles. The second kappa shape index (κ2) is 14.2. The van der Waals surface area contributed by atoms with Gasteiger partial charge >= 0.3 is 5.97 Å². The van der Waals surface area contributed by atoms with Gasteiger partial charge in [-0.15, -0.1) is 0 Å². The number of aromatic nitrogens is 2. The van der Waals surface area contributed by atoms with Gasteiger partial charge in [-0.3, -0.25) is 14.4 Å². The predicted molar refractivity (Wildman–Crippen MR) is 122 cm³/mol. The van der Waals surface area contributed by atoms with Crippen LogP contribution in [-0.4, -0.2) is 69.5 Å². The first-order valence-electron chi connectivity index (χ1n) is 11.1. The minimum atomic E-state index is -1.14. The maximum absolute atomic E-state index is 12.8. The Morgan fingerprint density at radius 3 is 2.24 bits per heavy atom. The fourth-order valence-corrected chi connectivity index (χ4v) is 3.14. The van der Waals surface area contributed by atoms with E-state index in [1.54, 1.807) is 6.20 Å². The Morgan fingerprint density at radius 2 is 1.70 bits per heavy atom. The fraction of sp³-hybridized carbons (Fsp3) is 0.667. The van der Waals surface area contributed by atoms with Crippen molar-refractivity contribution < 1.29 is 24.3 Å². The SMILES string of the molecule is CC(C)CC(NC(=O)C(CCCCN)NC(=O)C(C)NC(=O)C(N)Cc1cnc[nH]1)C(=O)O. The van der Waals surface area contributed by atoms with Crippen LogP contribution in [0.3, 0.4) is 0 Å². The third-order valence-electron chi connectivity index (χ3n) is 4.99. The number of amides is 3. The van der Waals surface area contributed by atoms with Crippen LogP contribution in [0.15, 0.2) is 12.5 Å². The van der Waals surface area contributed by atoms with Crippen molar-refractivity contribution in [3.05, 3.63) is 18.2 Å². The zero-order valence-corrected chi connectivity index (χ0v) is 19.5. The quantitative estimate of drug-likeness (QED) is 0.159. The number of aliphatic carboxylic acids is 1. The predicted octanol–water partition coefficient (Wildman–Crippen LogP) is -0.986. The van der Waals surface area contributed by atoms with Gasteiger partial charge in [0.25, 0.3) is 0 Å². The van der Waals surface area contributed by atoms with E-state index in [-0.39, 0.29) is 25.2 Å². The van der Waals surface area contributed by atoms with Crippen LogP contribution < -0.4 is 27.4 Å². The highest BCUT2D eigenvalue weighted by Gasteiger charge is 2.29. The number of carboxylic acid groups (broad SMARTS) is 1. The lowest BCUT2D eigenvalue weighted by Crippen LogP contribution is -2.56. The number of aromatic amines is 1. The van der Waals surface area contributed by atoms with Gasteiger partial charge in [-0.1, -0.05) is 13.8 Å². The van der Waals surface area contributed by atoms with Gasteiger partial charge in [0.15, 0.2) is 0 Å². The molecule has 0 spiro atoms. The summed E-state index contributed by atoms with van der Waals surface area (Å²) in [5.41, 5.74) is 12.1. The topological polar surface area (TPSA) is 205 Å². The van der Waals surface area contributed by atoms with Crippen LogP contribution in [0.25, 0.3) is 0 Å². The number of imidazole rings is 1. The zero-order chi connectivity index (χ0) is 25.0. The molecule has 0 radical (unpaired) electrons. The first kappa shape index (κ1) is 28.0. The molecule has 33 heavy (non-hydrogen) atoms. The van der Waals surface area contributed by atoms with Crippen molar-refractivity contribution in [3.8, 4) is 0 Å². The van der Waals surface area contributed by atoms with Crippen LogP contribution in [-0.2, 0) is 25.6 Å². The molecule has 4 atom stereocenters. The molecule has 3 amide bonds. The summed E-state index contributed by atoms with van der Waals surface area (Å²) in [6, 6.07) is -3.88. The summed E-state index contributed by atoms with van der Waals surface area (Å²) < 4.78 is 0. The number of unbranched alkanes of at least 4 members (excludes halogenated alkanes) is 1. The summed E-state index contributed by atoms with van der Waals surface area (Å²) in [6.07, 6.45) is 4.99. The molecule has 12 nitrogen and oxygen atoms in total. The highest BCUT2D eigenvalue weighted by molar-refractivity contribution is 5.93. The second-order valence-electron chi connectivity index (χ2n) is 8.49. The van der Waals surface area contributed by atoms with Gasteiger partial charge in [0.2, 0.25) is 17.7 Å². The summed E-state index contributed by atoms with van der Waals surface area (Å²) in [5.74, 6) is -2.79. The van der Waals surface area contributed by atoms with E-state index in [0.29, 0.717) is 25.1 Å². The van der Waals surface area contributed by atoms with Crippen molar-refractivity contribution >= 4 is 23.7 Å². The number of carbonyl (C=O) groups excluding carboxylic acids is 3. The van der Waals surface area contributed by atoms with Crippen molar-refractivity contribution in [2.75, 3.05) is 6.54 Å². The molecule has 12 heteroatoms. The number of nitrogens with one attached hydrogen (secondary N) is 4. The molecule has 0 saturated carbocycles. The number of hydrogen-bond donors (Lipinski definition) is 7. The molecule has 1 heterocycles. The Hall–Kier alpha value is -2.99. The maximum Gasteiger partial charge on any atom is 0.326 e. The smallest absolute Gasteiger partial charge is 0.326 e. The molecule has 0 fully saturated rings. The number of hydrogen-bond acceptors (Lipinski definition) is 7. The van der Waals surface area contributed by atoms with Gasteiger partial charge in [0.05, 0.1) is 12.4 Å². The molecule has 0 aromatic carbocycles. The average molecular weight is 468 g/mol. The summed E-state index contributed by atoms with van der Waals surface area (Å²) in [5, 5.41) is 17.0. The van der Waals surface area contributed by atoms with E-state index in [0.717, 1.165) is 0 Å². The van der Waals surface area contributed by atoms with Crippen molar-refractivity contribution in [2.45, 2.75) is 77.0 Å². The van der Waals surface area contributed by atoms with E-state index in [9.17, 15) is 24.3 Å². The van der Waals surface area contributed by atoms with Crippen LogP contribution in [0.2, 0.25) is 0 Å². The molecule has 0 bridgehead atoms. The van der Waals surface area contributed by atoms with E-state index in [2.05, 4.69) is 25.9 Å². The van der Waals surface area contributed by atoms with Crippen LogP contribution in [0.1, 0.15) is 52.1 Å². The number of nitrogens with zero attached hydrogens (tertiary/aromatic N) is 1. The molecule has 1 aromatic rings. The lowest BCUT2D eigenvalue weighted by Gasteiger charge is -2.24. The van der Waals surface area contributed by atoms with Gasteiger partial charge in [-0.2, -0.15) is 0 Å². The van der Waals surface area contributed by atoms with Crippen LogP contribution in [0.4, 0.5) is 0 Å². The number of rotatable bonds is 15.